The summed E-state index contributed by atoms with van der Waals surface area (Å²) in [5.41, 5.74) is 4.39. The van der Waals surface area contributed by atoms with E-state index in [1.54, 1.807) is 0 Å². The van der Waals surface area contributed by atoms with Gasteiger partial charge in [-0.1, -0.05) is 35.9 Å². The first-order valence-corrected chi connectivity index (χ1v) is 8.77. The maximum Gasteiger partial charge on any atom is 0.320 e. The second-order valence-corrected chi connectivity index (χ2v) is 6.74. The summed E-state index contributed by atoms with van der Waals surface area (Å²) in [6, 6.07) is 14.2. The van der Waals surface area contributed by atoms with E-state index in [2.05, 4.69) is 56.9 Å². The predicted octanol–water partition coefficient (Wildman–Crippen LogP) is 3.61. The lowest BCUT2D eigenvalue weighted by atomic mass is 10.0. The highest BCUT2D eigenvalue weighted by atomic mass is 16.2. The Morgan fingerprint density at radius 1 is 1.12 bits per heavy atom. The van der Waals surface area contributed by atoms with E-state index in [4.69, 9.17) is 0 Å². The maximum atomic E-state index is 12.0. The van der Waals surface area contributed by atoms with Crippen LogP contribution in [-0.2, 0) is 0 Å². The van der Waals surface area contributed by atoms with Gasteiger partial charge in [-0.2, -0.15) is 5.10 Å². The molecule has 0 aliphatic heterocycles. The van der Waals surface area contributed by atoms with Crippen molar-refractivity contribution in [1.82, 2.24) is 20.4 Å². The minimum atomic E-state index is -0.236. The number of hydrogen-bond donors (Lipinski definition) is 3. The number of fused-ring (bicyclic) bond motifs is 1. The molecule has 6 heteroatoms. The van der Waals surface area contributed by atoms with E-state index in [0.717, 1.165) is 35.0 Å². The second kappa shape index (κ2) is 8.01. The van der Waals surface area contributed by atoms with Crippen molar-refractivity contribution < 1.29 is 4.79 Å². The van der Waals surface area contributed by atoms with E-state index in [1.807, 2.05) is 32.3 Å². The average molecular weight is 351 g/mol. The first-order valence-electron chi connectivity index (χ1n) is 8.77. The minimum absolute atomic E-state index is 0.236. The van der Waals surface area contributed by atoms with Crippen molar-refractivity contribution >= 4 is 22.8 Å². The summed E-state index contributed by atoms with van der Waals surface area (Å²) in [5, 5.41) is 13.8. The van der Waals surface area contributed by atoms with Crippen LogP contribution in [0.15, 0.2) is 42.5 Å². The molecule has 0 aliphatic carbocycles. The monoisotopic (exact) mass is 351 g/mol. The van der Waals surface area contributed by atoms with E-state index < -0.39 is 0 Å². The van der Waals surface area contributed by atoms with Crippen LogP contribution in [0.3, 0.4) is 0 Å². The number of nitrogens with zero attached hydrogens (tertiary/aromatic N) is 2. The van der Waals surface area contributed by atoms with Crippen molar-refractivity contribution in [2.24, 2.45) is 0 Å². The van der Waals surface area contributed by atoms with Gasteiger partial charge in [0.05, 0.1) is 5.52 Å². The molecule has 26 heavy (non-hydrogen) atoms. The number of carbonyl (C=O) groups excluding carboxylic acids is 1. The Morgan fingerprint density at radius 2 is 1.85 bits per heavy atom. The fourth-order valence-corrected chi connectivity index (χ4v) is 2.79. The Morgan fingerprint density at radius 3 is 2.58 bits per heavy atom. The summed E-state index contributed by atoms with van der Waals surface area (Å²) in [7, 11) is 4.03. The van der Waals surface area contributed by atoms with Crippen molar-refractivity contribution in [1.29, 1.82) is 0 Å². The fourth-order valence-electron chi connectivity index (χ4n) is 2.79. The standard InChI is InChI=1S/C20H25N5O/c1-14-5-7-15(8-6-14)16-9-10-17-18(13-16)23-24-19(17)22-20(26)21-11-4-12-25(2)3/h5-10,13H,4,11-12H2,1-3H3,(H3,21,22,23,24,26). The van der Waals surface area contributed by atoms with Gasteiger partial charge in [0.2, 0.25) is 0 Å². The number of rotatable bonds is 6. The lowest BCUT2D eigenvalue weighted by molar-refractivity contribution is 0.251. The lowest BCUT2D eigenvalue weighted by Gasteiger charge is -2.10. The zero-order valence-corrected chi connectivity index (χ0v) is 15.5. The van der Waals surface area contributed by atoms with Crippen LogP contribution in [-0.4, -0.2) is 48.3 Å². The minimum Gasteiger partial charge on any atom is -0.338 e. The predicted molar refractivity (Wildman–Crippen MR) is 106 cm³/mol. The molecule has 3 aromatic rings. The molecule has 0 unspecified atom stereocenters. The number of carbonyl (C=O) groups is 1. The highest BCUT2D eigenvalue weighted by molar-refractivity contribution is 6.00. The van der Waals surface area contributed by atoms with Gasteiger partial charge in [0.15, 0.2) is 5.82 Å². The van der Waals surface area contributed by atoms with Gasteiger partial charge in [0.1, 0.15) is 0 Å². The van der Waals surface area contributed by atoms with Gasteiger partial charge in [0, 0.05) is 11.9 Å². The largest absolute Gasteiger partial charge is 0.338 e. The number of hydrogen-bond acceptors (Lipinski definition) is 3. The Labute approximate surface area is 153 Å². The molecule has 0 fully saturated rings. The third-order valence-corrected chi connectivity index (χ3v) is 4.25. The maximum absolute atomic E-state index is 12.0. The molecular formula is C20H25N5O. The molecule has 1 heterocycles. The Kier molecular flexibility index (Phi) is 5.53. The molecule has 6 nitrogen and oxygen atoms in total. The third-order valence-electron chi connectivity index (χ3n) is 4.25. The summed E-state index contributed by atoms with van der Waals surface area (Å²) in [6.45, 7) is 3.64. The topological polar surface area (TPSA) is 73.1 Å². The number of urea groups is 1. The van der Waals surface area contributed by atoms with Gasteiger partial charge < -0.3 is 10.2 Å². The van der Waals surface area contributed by atoms with Crippen molar-refractivity contribution in [2.75, 3.05) is 32.5 Å². The molecule has 136 valence electrons. The summed E-state index contributed by atoms with van der Waals surface area (Å²) >= 11 is 0. The van der Waals surface area contributed by atoms with E-state index in [9.17, 15) is 4.79 Å². The highest BCUT2D eigenvalue weighted by Gasteiger charge is 2.10. The molecule has 0 aliphatic rings. The van der Waals surface area contributed by atoms with Crippen LogP contribution >= 0.6 is 0 Å². The van der Waals surface area contributed by atoms with Gasteiger partial charge in [-0.3, -0.25) is 10.4 Å². The number of nitrogens with one attached hydrogen (secondary N) is 3. The molecule has 0 atom stereocenters. The van der Waals surface area contributed by atoms with Gasteiger partial charge >= 0.3 is 6.03 Å². The smallest absolute Gasteiger partial charge is 0.320 e. The number of aromatic amines is 1. The second-order valence-electron chi connectivity index (χ2n) is 6.74. The summed E-state index contributed by atoms with van der Waals surface area (Å²) in [5.74, 6) is 0.542. The number of aryl methyl sites for hydroxylation is 1. The van der Waals surface area contributed by atoms with Crippen molar-refractivity contribution in [2.45, 2.75) is 13.3 Å². The summed E-state index contributed by atoms with van der Waals surface area (Å²) in [4.78, 5) is 14.1. The van der Waals surface area contributed by atoms with Crippen LogP contribution in [0.1, 0.15) is 12.0 Å². The van der Waals surface area contributed by atoms with E-state index in [-0.39, 0.29) is 6.03 Å². The molecule has 1 aromatic heterocycles. The zero-order valence-electron chi connectivity index (χ0n) is 15.5. The van der Waals surface area contributed by atoms with Crippen molar-refractivity contribution in [3.05, 3.63) is 48.0 Å². The lowest BCUT2D eigenvalue weighted by Crippen LogP contribution is -2.31. The van der Waals surface area contributed by atoms with Crippen molar-refractivity contribution in [3.8, 4) is 11.1 Å². The number of aromatic nitrogens is 2. The average Bonchev–Trinajstić information content (AvgIpc) is 3.01. The first kappa shape index (κ1) is 17.9. The van der Waals surface area contributed by atoms with Crippen LogP contribution < -0.4 is 10.6 Å². The Hall–Kier alpha value is -2.86. The molecule has 0 radical (unpaired) electrons. The van der Waals surface area contributed by atoms with Gasteiger partial charge in [-0.25, -0.2) is 4.79 Å². The Bertz CT molecular complexity index is 883. The molecular weight excluding hydrogens is 326 g/mol. The van der Waals surface area contributed by atoms with Gasteiger partial charge in [0.25, 0.3) is 0 Å². The van der Waals surface area contributed by atoms with E-state index in [0.29, 0.717) is 12.4 Å². The molecule has 0 saturated carbocycles. The van der Waals surface area contributed by atoms with Gasteiger partial charge in [-0.05, 0) is 57.2 Å². The van der Waals surface area contributed by atoms with Crippen LogP contribution in [0.2, 0.25) is 0 Å². The molecule has 3 rings (SSSR count). The van der Waals surface area contributed by atoms with Crippen LogP contribution in [0.25, 0.3) is 22.0 Å². The Balaban J connectivity index is 1.67. The number of H-pyrrole nitrogens is 1. The van der Waals surface area contributed by atoms with Crippen molar-refractivity contribution in [3.63, 3.8) is 0 Å². The normalized spacial score (nSPS) is 11.1. The summed E-state index contributed by atoms with van der Waals surface area (Å²) in [6.07, 6.45) is 0.904. The van der Waals surface area contributed by atoms with E-state index in [1.165, 1.54) is 5.56 Å². The van der Waals surface area contributed by atoms with Crippen LogP contribution in [0, 0.1) is 6.92 Å². The summed E-state index contributed by atoms with van der Waals surface area (Å²) < 4.78 is 0. The van der Waals surface area contributed by atoms with Gasteiger partial charge in [-0.15, -0.1) is 0 Å². The molecule has 2 amide bonds. The number of benzene rings is 2. The zero-order chi connectivity index (χ0) is 18.5. The first-order chi connectivity index (χ1) is 12.5. The number of amides is 2. The van der Waals surface area contributed by atoms with Crippen LogP contribution in [0.5, 0.6) is 0 Å². The SMILES string of the molecule is Cc1ccc(-c2ccc3c(NC(=O)NCCCN(C)C)n[nH]c3c2)cc1. The molecule has 3 N–H and O–H groups in total. The third kappa shape index (κ3) is 4.40. The van der Waals surface area contributed by atoms with Crippen LogP contribution in [0.4, 0.5) is 10.6 Å². The molecule has 0 spiro atoms. The highest BCUT2D eigenvalue weighted by Crippen LogP contribution is 2.27. The molecule has 0 bridgehead atoms. The quantitative estimate of drug-likeness (QED) is 0.594. The molecule has 0 saturated heterocycles. The number of anilines is 1. The molecule has 2 aromatic carbocycles. The van der Waals surface area contributed by atoms with E-state index >= 15 is 0 Å². The fraction of sp³-hybridized carbons (Fsp3) is 0.300.